The lowest BCUT2D eigenvalue weighted by molar-refractivity contribution is 0.102. The first kappa shape index (κ1) is 17.6. The third-order valence-electron chi connectivity index (χ3n) is 4.02. The van der Waals surface area contributed by atoms with E-state index in [0.717, 1.165) is 0 Å². The molecule has 7 nitrogen and oxygen atoms in total. The molecule has 136 valence electrons. The number of benzene rings is 2. The Morgan fingerprint density at radius 2 is 1.93 bits per heavy atom. The molecule has 0 radical (unpaired) electrons. The minimum Gasteiger partial charge on any atom is -0.318 e. The highest BCUT2D eigenvalue weighted by atomic mass is 35.5. The Balaban J connectivity index is 1.79. The first-order valence-electron chi connectivity index (χ1n) is 8.03. The SMILES string of the molecule is N#Cc1ccc(-c2nnc3cncc(C(=O)Nc4cccc(Cl)c4F)n23)cc1. The number of hydrogen-bond donors (Lipinski definition) is 1. The number of halogens is 2. The summed E-state index contributed by atoms with van der Waals surface area (Å²) >= 11 is 5.76. The third kappa shape index (κ3) is 3.04. The maximum absolute atomic E-state index is 14.1. The standard InChI is InChI=1S/C19H10ClFN6O/c20-13-2-1-3-14(17(13)21)24-19(28)15-9-23-10-16-25-26-18(27(15)16)12-6-4-11(8-22)5-7-12/h1-7,9-10H,(H,24,28). The van der Waals surface area contributed by atoms with Crippen LogP contribution < -0.4 is 5.32 Å². The van der Waals surface area contributed by atoms with Crippen LogP contribution in [0.4, 0.5) is 10.1 Å². The van der Waals surface area contributed by atoms with Gasteiger partial charge >= 0.3 is 0 Å². The maximum Gasteiger partial charge on any atom is 0.274 e. The van der Waals surface area contributed by atoms with Crippen LogP contribution in [-0.4, -0.2) is 25.5 Å². The van der Waals surface area contributed by atoms with Gasteiger partial charge in [-0.05, 0) is 36.4 Å². The molecule has 2 aromatic heterocycles. The summed E-state index contributed by atoms with van der Waals surface area (Å²) in [6.45, 7) is 0. The molecule has 0 bridgehead atoms. The molecule has 0 atom stereocenters. The quantitative estimate of drug-likeness (QED) is 0.573. The van der Waals surface area contributed by atoms with E-state index in [9.17, 15) is 9.18 Å². The molecule has 0 saturated heterocycles. The molecule has 2 aromatic carbocycles. The molecule has 0 fully saturated rings. The van der Waals surface area contributed by atoms with E-state index in [1.54, 1.807) is 24.3 Å². The Hall–Kier alpha value is -3.83. The number of nitrogens with zero attached hydrogens (tertiary/aromatic N) is 5. The zero-order valence-electron chi connectivity index (χ0n) is 14.1. The van der Waals surface area contributed by atoms with E-state index >= 15 is 0 Å². The highest BCUT2D eigenvalue weighted by Crippen LogP contribution is 2.24. The molecule has 0 unspecified atom stereocenters. The average molecular weight is 393 g/mol. The van der Waals surface area contributed by atoms with Gasteiger partial charge in [-0.2, -0.15) is 5.26 Å². The highest BCUT2D eigenvalue weighted by molar-refractivity contribution is 6.31. The van der Waals surface area contributed by atoms with Gasteiger partial charge in [-0.25, -0.2) is 4.39 Å². The number of hydrogen-bond acceptors (Lipinski definition) is 5. The van der Waals surface area contributed by atoms with Crippen LogP contribution >= 0.6 is 11.6 Å². The van der Waals surface area contributed by atoms with E-state index in [1.807, 2.05) is 6.07 Å². The zero-order valence-corrected chi connectivity index (χ0v) is 14.9. The van der Waals surface area contributed by atoms with Crippen molar-refractivity contribution in [1.29, 1.82) is 5.26 Å². The second-order valence-corrected chi connectivity index (χ2v) is 6.16. The molecular weight excluding hydrogens is 383 g/mol. The largest absolute Gasteiger partial charge is 0.318 e. The fourth-order valence-electron chi connectivity index (χ4n) is 2.68. The minimum absolute atomic E-state index is 0.0532. The smallest absolute Gasteiger partial charge is 0.274 e. The van der Waals surface area contributed by atoms with Crippen molar-refractivity contribution >= 4 is 28.8 Å². The van der Waals surface area contributed by atoms with Crippen LogP contribution in [0.5, 0.6) is 0 Å². The van der Waals surface area contributed by atoms with Gasteiger partial charge in [0.1, 0.15) is 5.69 Å². The predicted octanol–water partition coefficient (Wildman–Crippen LogP) is 3.71. The second-order valence-electron chi connectivity index (χ2n) is 5.75. The number of anilines is 1. The van der Waals surface area contributed by atoms with Crippen molar-refractivity contribution in [2.75, 3.05) is 5.32 Å². The number of nitriles is 1. The topological polar surface area (TPSA) is 96.0 Å². The lowest BCUT2D eigenvalue weighted by Gasteiger charge is -2.09. The van der Waals surface area contributed by atoms with Gasteiger partial charge in [0.15, 0.2) is 17.3 Å². The van der Waals surface area contributed by atoms with Crippen LogP contribution in [0.1, 0.15) is 16.1 Å². The second kappa shape index (κ2) is 7.06. The van der Waals surface area contributed by atoms with Gasteiger partial charge in [-0.3, -0.25) is 14.2 Å². The van der Waals surface area contributed by atoms with Gasteiger partial charge in [0.25, 0.3) is 5.91 Å². The van der Waals surface area contributed by atoms with Crippen molar-refractivity contribution in [3.63, 3.8) is 0 Å². The van der Waals surface area contributed by atoms with Gasteiger partial charge in [-0.15, -0.1) is 10.2 Å². The molecule has 9 heteroatoms. The summed E-state index contributed by atoms with van der Waals surface area (Å²) in [6.07, 6.45) is 2.79. The lowest BCUT2D eigenvalue weighted by atomic mass is 10.1. The van der Waals surface area contributed by atoms with Crippen molar-refractivity contribution in [3.8, 4) is 17.5 Å². The molecule has 0 saturated carbocycles. The van der Waals surface area contributed by atoms with Gasteiger partial charge < -0.3 is 5.32 Å². The van der Waals surface area contributed by atoms with Gasteiger partial charge in [-0.1, -0.05) is 17.7 Å². The average Bonchev–Trinajstić information content (AvgIpc) is 3.15. The minimum atomic E-state index is -0.728. The zero-order chi connectivity index (χ0) is 19.7. The fraction of sp³-hybridized carbons (Fsp3) is 0. The molecule has 2 heterocycles. The molecule has 0 spiro atoms. The summed E-state index contributed by atoms with van der Waals surface area (Å²) in [6, 6.07) is 13.0. The highest BCUT2D eigenvalue weighted by Gasteiger charge is 2.18. The number of nitrogens with one attached hydrogen (secondary N) is 1. The summed E-state index contributed by atoms with van der Waals surface area (Å²) in [5.74, 6) is -0.943. The van der Waals surface area contributed by atoms with Crippen molar-refractivity contribution < 1.29 is 9.18 Å². The molecule has 1 amide bonds. The van der Waals surface area contributed by atoms with Crippen molar-refractivity contribution in [1.82, 2.24) is 19.6 Å². The number of aromatic nitrogens is 4. The van der Waals surface area contributed by atoms with Crippen LogP contribution in [-0.2, 0) is 0 Å². The Morgan fingerprint density at radius 3 is 2.68 bits per heavy atom. The fourth-order valence-corrected chi connectivity index (χ4v) is 2.85. The van der Waals surface area contributed by atoms with E-state index in [-0.39, 0.29) is 16.4 Å². The van der Waals surface area contributed by atoms with Gasteiger partial charge in [0.2, 0.25) is 0 Å². The first-order chi connectivity index (χ1) is 13.6. The summed E-state index contributed by atoms with van der Waals surface area (Å²) < 4.78 is 15.6. The molecule has 1 N–H and O–H groups in total. The van der Waals surface area contributed by atoms with Crippen molar-refractivity contribution in [2.24, 2.45) is 0 Å². The number of rotatable bonds is 3. The normalized spacial score (nSPS) is 10.6. The third-order valence-corrected chi connectivity index (χ3v) is 4.31. The Bertz CT molecular complexity index is 1250. The molecule has 4 rings (SSSR count). The number of amides is 1. The summed E-state index contributed by atoms with van der Waals surface area (Å²) in [7, 11) is 0. The predicted molar refractivity (Wildman–Crippen MR) is 100 cm³/mol. The Kier molecular flexibility index (Phi) is 4.43. The Morgan fingerprint density at radius 1 is 1.14 bits per heavy atom. The van der Waals surface area contributed by atoms with Gasteiger partial charge in [0, 0.05) is 5.56 Å². The number of fused-ring (bicyclic) bond motifs is 1. The molecule has 0 aliphatic heterocycles. The first-order valence-corrected chi connectivity index (χ1v) is 8.41. The summed E-state index contributed by atoms with van der Waals surface area (Å²) in [4.78, 5) is 16.8. The van der Waals surface area contributed by atoms with E-state index in [0.29, 0.717) is 22.6 Å². The van der Waals surface area contributed by atoms with Crippen molar-refractivity contribution in [3.05, 3.63) is 77.0 Å². The van der Waals surface area contributed by atoms with Gasteiger partial charge in [0.05, 0.1) is 34.7 Å². The van der Waals surface area contributed by atoms with E-state index in [1.165, 1.54) is 35.0 Å². The Labute approximate surface area is 163 Å². The van der Waals surface area contributed by atoms with E-state index in [4.69, 9.17) is 16.9 Å². The molecule has 4 aromatic rings. The van der Waals surface area contributed by atoms with Crippen LogP contribution in [0.15, 0.2) is 54.9 Å². The van der Waals surface area contributed by atoms with Crippen LogP contribution in [0.2, 0.25) is 5.02 Å². The monoisotopic (exact) mass is 392 g/mol. The van der Waals surface area contributed by atoms with E-state index in [2.05, 4.69) is 20.5 Å². The number of carbonyl (C=O) groups is 1. The summed E-state index contributed by atoms with van der Waals surface area (Å²) in [5.41, 5.74) is 1.55. The number of carbonyl (C=O) groups excluding carboxylic acids is 1. The van der Waals surface area contributed by atoms with Crippen LogP contribution in [0, 0.1) is 17.1 Å². The molecule has 0 aliphatic rings. The van der Waals surface area contributed by atoms with E-state index < -0.39 is 11.7 Å². The maximum atomic E-state index is 14.1. The molecule has 28 heavy (non-hydrogen) atoms. The van der Waals surface area contributed by atoms with Crippen LogP contribution in [0.3, 0.4) is 0 Å². The molecule has 0 aliphatic carbocycles. The summed E-state index contributed by atoms with van der Waals surface area (Å²) in [5, 5.41) is 19.5. The molecular formula is C19H10ClFN6O. The van der Waals surface area contributed by atoms with Crippen molar-refractivity contribution in [2.45, 2.75) is 0 Å². The lowest BCUT2D eigenvalue weighted by Crippen LogP contribution is -2.17. The van der Waals surface area contributed by atoms with Crippen LogP contribution in [0.25, 0.3) is 17.0 Å².